The van der Waals surface area contributed by atoms with E-state index in [1.807, 2.05) is 32.0 Å². The second-order valence-electron chi connectivity index (χ2n) is 7.66. The van der Waals surface area contributed by atoms with E-state index in [-0.39, 0.29) is 22.7 Å². The number of thioether (sulfide) groups is 1. The number of rotatable bonds is 6. The van der Waals surface area contributed by atoms with Gasteiger partial charge in [-0.25, -0.2) is 9.37 Å². The van der Waals surface area contributed by atoms with Crippen LogP contribution in [0.4, 0.5) is 15.8 Å². The van der Waals surface area contributed by atoms with Gasteiger partial charge in [-0.1, -0.05) is 30.0 Å². The molecule has 0 aliphatic carbocycles. The van der Waals surface area contributed by atoms with Crippen LogP contribution in [-0.2, 0) is 4.79 Å². The molecule has 0 radical (unpaired) electrons. The number of benzene rings is 3. The van der Waals surface area contributed by atoms with E-state index in [4.69, 9.17) is 0 Å². The molecule has 0 atom stereocenters. The minimum Gasteiger partial charge on any atom is -0.323 e. The zero-order valence-corrected chi connectivity index (χ0v) is 19.1. The highest BCUT2D eigenvalue weighted by molar-refractivity contribution is 7.99. The highest BCUT2D eigenvalue weighted by atomic mass is 32.2. The number of nitrogens with one attached hydrogen (secondary N) is 1. The van der Waals surface area contributed by atoms with E-state index in [1.165, 1.54) is 4.57 Å². The number of hydrogen-bond acceptors (Lipinski definition) is 6. The molecule has 0 fully saturated rings. The van der Waals surface area contributed by atoms with Crippen molar-refractivity contribution in [3.05, 3.63) is 98.1 Å². The minimum atomic E-state index is -0.792. The molecule has 1 aromatic heterocycles. The molecule has 0 unspecified atom stereocenters. The van der Waals surface area contributed by atoms with Crippen molar-refractivity contribution >= 4 is 39.9 Å². The van der Waals surface area contributed by atoms with Crippen molar-refractivity contribution in [2.24, 2.45) is 0 Å². The van der Waals surface area contributed by atoms with Crippen LogP contribution in [0.3, 0.4) is 0 Å². The van der Waals surface area contributed by atoms with Crippen molar-refractivity contribution in [1.29, 1.82) is 0 Å². The number of nitro benzene ring substituents is 1. The van der Waals surface area contributed by atoms with Gasteiger partial charge in [-0.05, 0) is 55.3 Å². The van der Waals surface area contributed by atoms with Crippen LogP contribution < -0.4 is 10.9 Å². The van der Waals surface area contributed by atoms with E-state index in [0.29, 0.717) is 21.7 Å². The van der Waals surface area contributed by atoms with Crippen LogP contribution in [0.1, 0.15) is 11.1 Å². The highest BCUT2D eigenvalue weighted by Crippen LogP contribution is 2.25. The lowest BCUT2D eigenvalue weighted by molar-refractivity contribution is -0.384. The highest BCUT2D eigenvalue weighted by Gasteiger charge is 2.17. The molecular formula is C24H19FN4O4S. The molecule has 0 spiro atoms. The third-order valence-corrected chi connectivity index (χ3v) is 5.92. The lowest BCUT2D eigenvalue weighted by Gasteiger charge is -2.14. The number of aromatic nitrogens is 2. The molecule has 1 amide bonds. The normalized spacial score (nSPS) is 10.9. The monoisotopic (exact) mass is 478 g/mol. The fourth-order valence-electron chi connectivity index (χ4n) is 3.56. The second kappa shape index (κ2) is 9.44. The Balaban J connectivity index is 1.68. The number of nitro groups is 1. The molecule has 0 bridgehead atoms. The second-order valence-corrected chi connectivity index (χ2v) is 8.60. The topological polar surface area (TPSA) is 107 Å². The summed E-state index contributed by atoms with van der Waals surface area (Å²) in [6.07, 6.45) is 0. The van der Waals surface area contributed by atoms with E-state index >= 15 is 0 Å². The number of nitrogens with zero attached hydrogens (tertiary/aromatic N) is 3. The standard InChI is InChI=1S/C24H19FN4O4S/c1-14-9-15(2)11-17(10-14)28-23(31)18-5-3-4-6-20(18)27-24(28)34-13-22(30)26-21-12-16(29(32)33)7-8-19(21)25/h3-12H,13H2,1-2H3,(H,26,30). The van der Waals surface area contributed by atoms with Gasteiger partial charge in [-0.3, -0.25) is 24.3 Å². The smallest absolute Gasteiger partial charge is 0.271 e. The molecule has 8 nitrogen and oxygen atoms in total. The van der Waals surface area contributed by atoms with Crippen LogP contribution in [0, 0.1) is 29.8 Å². The molecule has 1 N–H and O–H groups in total. The van der Waals surface area contributed by atoms with Crippen molar-refractivity contribution in [2.75, 3.05) is 11.1 Å². The molecule has 0 saturated heterocycles. The van der Waals surface area contributed by atoms with Crippen molar-refractivity contribution in [3.8, 4) is 5.69 Å². The Labute approximate surface area is 197 Å². The van der Waals surface area contributed by atoms with E-state index < -0.39 is 16.6 Å². The molecule has 0 saturated carbocycles. The predicted molar refractivity (Wildman–Crippen MR) is 129 cm³/mol. The first-order chi connectivity index (χ1) is 16.2. The van der Waals surface area contributed by atoms with Gasteiger partial charge < -0.3 is 5.32 Å². The molecule has 4 aromatic rings. The number of anilines is 1. The molecule has 172 valence electrons. The molecule has 1 heterocycles. The predicted octanol–water partition coefficient (Wildman–Crippen LogP) is 4.78. The Morgan fingerprint density at radius 3 is 2.53 bits per heavy atom. The third kappa shape index (κ3) is 4.81. The summed E-state index contributed by atoms with van der Waals surface area (Å²) in [7, 11) is 0. The summed E-state index contributed by atoms with van der Waals surface area (Å²) in [5.74, 6) is -1.59. The van der Waals surface area contributed by atoms with Crippen molar-refractivity contribution < 1.29 is 14.1 Å². The Bertz CT molecular complexity index is 1480. The van der Waals surface area contributed by atoms with Gasteiger partial charge in [0.25, 0.3) is 11.2 Å². The number of hydrogen-bond donors (Lipinski definition) is 1. The average molecular weight is 479 g/mol. The van der Waals surface area contributed by atoms with Gasteiger partial charge in [0.15, 0.2) is 5.16 Å². The van der Waals surface area contributed by atoms with Crippen LogP contribution in [0.5, 0.6) is 0 Å². The number of para-hydroxylation sites is 1. The van der Waals surface area contributed by atoms with Crippen LogP contribution in [0.2, 0.25) is 0 Å². The van der Waals surface area contributed by atoms with Gasteiger partial charge in [0.1, 0.15) is 5.82 Å². The fraction of sp³-hybridized carbons (Fsp3) is 0.125. The maximum atomic E-state index is 14.0. The van der Waals surface area contributed by atoms with Gasteiger partial charge >= 0.3 is 0 Å². The summed E-state index contributed by atoms with van der Waals surface area (Å²) in [5.41, 5.74) is 2.12. The van der Waals surface area contributed by atoms with Gasteiger partial charge in [0.2, 0.25) is 5.91 Å². The maximum Gasteiger partial charge on any atom is 0.271 e. The summed E-state index contributed by atoms with van der Waals surface area (Å²) in [6.45, 7) is 3.84. The van der Waals surface area contributed by atoms with E-state index in [9.17, 15) is 24.1 Å². The largest absolute Gasteiger partial charge is 0.323 e. The average Bonchev–Trinajstić information content (AvgIpc) is 2.78. The zero-order chi connectivity index (χ0) is 24.4. The Kier molecular flexibility index (Phi) is 6.42. The number of aryl methyl sites for hydroxylation is 2. The van der Waals surface area contributed by atoms with E-state index in [2.05, 4.69) is 10.3 Å². The van der Waals surface area contributed by atoms with Crippen molar-refractivity contribution in [2.45, 2.75) is 19.0 Å². The van der Waals surface area contributed by atoms with Gasteiger partial charge in [-0.15, -0.1) is 0 Å². The molecule has 10 heteroatoms. The zero-order valence-electron chi connectivity index (χ0n) is 18.2. The number of carbonyl (C=O) groups excluding carboxylic acids is 1. The first-order valence-corrected chi connectivity index (χ1v) is 11.2. The Morgan fingerprint density at radius 1 is 1.12 bits per heavy atom. The molecule has 34 heavy (non-hydrogen) atoms. The van der Waals surface area contributed by atoms with Gasteiger partial charge in [0.05, 0.1) is 33.0 Å². The summed E-state index contributed by atoms with van der Waals surface area (Å²) < 4.78 is 15.5. The minimum absolute atomic E-state index is 0.197. The SMILES string of the molecule is Cc1cc(C)cc(-n2c(SCC(=O)Nc3cc([N+](=O)[O-])ccc3F)nc3ccccc3c2=O)c1. The fourth-order valence-corrected chi connectivity index (χ4v) is 4.37. The molecule has 4 rings (SSSR count). The van der Waals surface area contributed by atoms with Crippen LogP contribution in [0.25, 0.3) is 16.6 Å². The van der Waals surface area contributed by atoms with Crippen molar-refractivity contribution in [3.63, 3.8) is 0 Å². The summed E-state index contributed by atoms with van der Waals surface area (Å²) in [6, 6.07) is 15.5. The van der Waals surface area contributed by atoms with Gasteiger partial charge in [0, 0.05) is 12.1 Å². The van der Waals surface area contributed by atoms with Crippen LogP contribution in [-0.4, -0.2) is 26.1 Å². The summed E-state index contributed by atoms with van der Waals surface area (Å²) in [5, 5.41) is 14.0. The molecule has 3 aromatic carbocycles. The molecule has 0 aliphatic rings. The Morgan fingerprint density at radius 2 is 1.82 bits per heavy atom. The lowest BCUT2D eigenvalue weighted by Crippen LogP contribution is -2.23. The Hall–Kier alpha value is -4.05. The number of halogens is 1. The molecule has 0 aliphatic heterocycles. The number of amides is 1. The van der Waals surface area contributed by atoms with Crippen LogP contribution >= 0.6 is 11.8 Å². The number of non-ortho nitro benzene ring substituents is 1. The number of fused-ring (bicyclic) bond motifs is 1. The first kappa shape index (κ1) is 23.1. The van der Waals surface area contributed by atoms with Crippen LogP contribution in [0.15, 0.2) is 70.6 Å². The summed E-state index contributed by atoms with van der Waals surface area (Å²) in [4.78, 5) is 40.7. The van der Waals surface area contributed by atoms with Gasteiger partial charge in [-0.2, -0.15) is 0 Å². The molecular weight excluding hydrogens is 459 g/mol. The lowest BCUT2D eigenvalue weighted by atomic mass is 10.1. The first-order valence-electron chi connectivity index (χ1n) is 10.2. The van der Waals surface area contributed by atoms with Crippen molar-refractivity contribution in [1.82, 2.24) is 9.55 Å². The maximum absolute atomic E-state index is 14.0. The quantitative estimate of drug-likeness (QED) is 0.185. The third-order valence-electron chi connectivity index (χ3n) is 4.98. The van der Waals surface area contributed by atoms with E-state index in [1.54, 1.807) is 24.3 Å². The number of carbonyl (C=O) groups is 1. The van der Waals surface area contributed by atoms with E-state index in [0.717, 1.165) is 41.1 Å². The summed E-state index contributed by atoms with van der Waals surface area (Å²) >= 11 is 1.01.